The van der Waals surface area contributed by atoms with Crippen LogP contribution >= 0.6 is 0 Å². The topological polar surface area (TPSA) is 81.1 Å². The minimum atomic E-state index is -3.80. The van der Waals surface area contributed by atoms with E-state index in [9.17, 15) is 18.6 Å². The summed E-state index contributed by atoms with van der Waals surface area (Å²) in [5.74, 6) is 0.598. The second kappa shape index (κ2) is 9.65. The Morgan fingerprint density at radius 1 is 1.09 bits per heavy atom. The summed E-state index contributed by atoms with van der Waals surface area (Å²) in [4.78, 5) is 2.44. The van der Waals surface area contributed by atoms with Crippen molar-refractivity contribution >= 4 is 21.4 Å². The van der Waals surface area contributed by atoms with E-state index in [4.69, 9.17) is 0 Å². The van der Waals surface area contributed by atoms with Crippen LogP contribution in [0.3, 0.4) is 0 Å². The lowest BCUT2D eigenvalue weighted by Gasteiger charge is -2.40. The largest absolute Gasteiger partial charge is 0.393 e. The van der Waals surface area contributed by atoms with Crippen LogP contribution in [0.1, 0.15) is 57.3 Å². The van der Waals surface area contributed by atoms with Gasteiger partial charge in [-0.05, 0) is 73.4 Å². The van der Waals surface area contributed by atoms with Crippen LogP contribution in [0.5, 0.6) is 0 Å². The highest BCUT2D eigenvalue weighted by Gasteiger charge is 2.33. The molecule has 180 valence electrons. The number of hydrogen-bond donors (Lipinski definition) is 2. The lowest BCUT2D eigenvalue weighted by molar-refractivity contribution is 0.0452. The van der Waals surface area contributed by atoms with Gasteiger partial charge in [0.05, 0.1) is 22.8 Å². The summed E-state index contributed by atoms with van der Waals surface area (Å²) in [6, 6.07) is 12.9. The first-order chi connectivity index (χ1) is 15.7. The molecule has 2 aliphatic rings. The fourth-order valence-electron chi connectivity index (χ4n) is 4.85. The highest BCUT2D eigenvalue weighted by molar-refractivity contribution is 7.92. The van der Waals surface area contributed by atoms with Gasteiger partial charge in [0.1, 0.15) is 0 Å². The van der Waals surface area contributed by atoms with Gasteiger partial charge in [-0.3, -0.25) is 4.31 Å². The quantitative estimate of drug-likeness (QED) is 0.604. The van der Waals surface area contributed by atoms with Crippen molar-refractivity contribution in [2.45, 2.75) is 63.6 Å². The van der Waals surface area contributed by atoms with Crippen LogP contribution in [0.2, 0.25) is 0 Å². The average molecular weight is 473 g/mol. The molecule has 0 radical (unpaired) electrons. The van der Waals surface area contributed by atoms with E-state index in [-0.39, 0.29) is 16.9 Å². The number of aryl methyl sites for hydroxylation is 1. The Hall–Kier alpha value is -2.09. The molecule has 1 saturated carbocycles. The summed E-state index contributed by atoms with van der Waals surface area (Å²) in [5.41, 5.74) is 3.39. The number of aliphatic hydroxyl groups is 2. The van der Waals surface area contributed by atoms with Crippen LogP contribution in [-0.2, 0) is 16.4 Å². The van der Waals surface area contributed by atoms with Crippen LogP contribution in [0.25, 0.3) is 0 Å². The number of aliphatic hydroxyl groups excluding tert-OH is 2. The molecule has 6 nitrogen and oxygen atoms in total. The summed E-state index contributed by atoms with van der Waals surface area (Å²) in [7, 11) is -3.80. The number of nitrogens with zero attached hydrogens (tertiary/aromatic N) is 2. The molecular weight excluding hydrogens is 436 g/mol. The van der Waals surface area contributed by atoms with Crippen molar-refractivity contribution in [3.8, 4) is 0 Å². The Bertz CT molecular complexity index is 1060. The minimum absolute atomic E-state index is 0.155. The van der Waals surface area contributed by atoms with Crippen molar-refractivity contribution in [3.63, 3.8) is 0 Å². The first kappa shape index (κ1) is 24.0. The smallest absolute Gasteiger partial charge is 0.264 e. The second-order valence-electron chi connectivity index (χ2n) is 9.91. The zero-order valence-corrected chi connectivity index (χ0v) is 20.6. The van der Waals surface area contributed by atoms with Gasteiger partial charge < -0.3 is 15.1 Å². The van der Waals surface area contributed by atoms with Gasteiger partial charge in [0, 0.05) is 30.9 Å². The van der Waals surface area contributed by atoms with E-state index in [0.29, 0.717) is 30.1 Å². The normalized spacial score (nSPS) is 22.7. The predicted molar refractivity (Wildman–Crippen MR) is 132 cm³/mol. The van der Waals surface area contributed by atoms with Gasteiger partial charge in [-0.15, -0.1) is 0 Å². The second-order valence-corrected chi connectivity index (χ2v) is 11.8. The Morgan fingerprint density at radius 2 is 1.79 bits per heavy atom. The fourth-order valence-corrected chi connectivity index (χ4v) is 6.52. The third-order valence-electron chi connectivity index (χ3n) is 6.81. The van der Waals surface area contributed by atoms with Gasteiger partial charge in [0.15, 0.2) is 0 Å². The SMILES string of the molecule is CCc1ccc(N(CC(C)C)S(=O)(=O)c2ccc3c(c2)C(O)CCN3CC2CC(O)C2)cc1. The molecule has 0 saturated heterocycles. The zero-order chi connectivity index (χ0) is 23.8. The monoisotopic (exact) mass is 472 g/mol. The van der Waals surface area contributed by atoms with Crippen molar-refractivity contribution in [1.29, 1.82) is 0 Å². The van der Waals surface area contributed by atoms with Crippen LogP contribution < -0.4 is 9.21 Å². The van der Waals surface area contributed by atoms with E-state index < -0.39 is 16.1 Å². The third kappa shape index (κ3) is 5.05. The average Bonchev–Trinajstić information content (AvgIpc) is 2.78. The number of hydrogen-bond acceptors (Lipinski definition) is 5. The van der Waals surface area contributed by atoms with Crippen molar-refractivity contribution in [2.24, 2.45) is 11.8 Å². The third-order valence-corrected chi connectivity index (χ3v) is 8.60. The standard InChI is InChI=1S/C26H36N2O4S/c1-4-19-5-7-21(8-6-19)28(16-18(2)3)33(31,32)23-9-10-25-24(15-23)26(30)11-12-27(25)17-20-13-22(29)14-20/h5-10,15,18,20,22,26,29-30H,4,11-14,16-17H2,1-3H3. The molecule has 1 heterocycles. The summed E-state index contributed by atoms with van der Waals surface area (Å²) in [6.07, 6.45) is 2.20. The summed E-state index contributed by atoms with van der Waals surface area (Å²) < 4.78 is 29.0. The summed E-state index contributed by atoms with van der Waals surface area (Å²) >= 11 is 0. The maximum absolute atomic E-state index is 13.8. The van der Waals surface area contributed by atoms with Crippen molar-refractivity contribution < 1.29 is 18.6 Å². The molecule has 1 aliphatic heterocycles. The molecule has 1 fully saturated rings. The van der Waals surface area contributed by atoms with Crippen molar-refractivity contribution in [2.75, 3.05) is 28.8 Å². The Balaban J connectivity index is 1.66. The molecule has 7 heteroatoms. The van der Waals surface area contributed by atoms with Crippen molar-refractivity contribution in [1.82, 2.24) is 0 Å². The summed E-state index contributed by atoms with van der Waals surface area (Å²) in [5, 5.41) is 20.3. The first-order valence-corrected chi connectivity index (χ1v) is 13.5. The van der Waals surface area contributed by atoms with E-state index in [1.165, 1.54) is 4.31 Å². The van der Waals surface area contributed by atoms with Crippen LogP contribution in [-0.4, -0.2) is 44.4 Å². The molecule has 0 amide bonds. The maximum atomic E-state index is 13.8. The van der Waals surface area contributed by atoms with Crippen LogP contribution in [0, 0.1) is 11.8 Å². The Morgan fingerprint density at radius 3 is 2.39 bits per heavy atom. The molecule has 33 heavy (non-hydrogen) atoms. The predicted octanol–water partition coefficient (Wildman–Crippen LogP) is 4.11. The number of sulfonamides is 1. The summed E-state index contributed by atoms with van der Waals surface area (Å²) in [6.45, 7) is 8.03. The van der Waals surface area contributed by atoms with Gasteiger partial charge in [-0.25, -0.2) is 8.42 Å². The number of anilines is 2. The molecule has 1 atom stereocenters. The molecule has 0 aromatic heterocycles. The molecule has 1 aliphatic carbocycles. The zero-order valence-electron chi connectivity index (χ0n) is 19.8. The van der Waals surface area contributed by atoms with E-state index >= 15 is 0 Å². The molecule has 0 bridgehead atoms. The lowest BCUT2D eigenvalue weighted by Crippen LogP contribution is -2.41. The van der Waals surface area contributed by atoms with E-state index in [2.05, 4.69) is 11.8 Å². The Kier molecular flexibility index (Phi) is 7.03. The highest BCUT2D eigenvalue weighted by Crippen LogP contribution is 2.39. The van der Waals surface area contributed by atoms with Crippen molar-refractivity contribution in [3.05, 3.63) is 53.6 Å². The maximum Gasteiger partial charge on any atom is 0.264 e. The van der Waals surface area contributed by atoms with Gasteiger partial charge in [0.2, 0.25) is 0 Å². The number of fused-ring (bicyclic) bond motifs is 1. The van der Waals surface area contributed by atoms with E-state index in [1.807, 2.05) is 44.2 Å². The molecule has 2 aromatic carbocycles. The van der Waals surface area contributed by atoms with Gasteiger partial charge in [0.25, 0.3) is 10.0 Å². The van der Waals surface area contributed by atoms with Gasteiger partial charge in [-0.2, -0.15) is 0 Å². The number of rotatable bonds is 8. The van der Waals surface area contributed by atoms with Gasteiger partial charge in [-0.1, -0.05) is 32.9 Å². The highest BCUT2D eigenvalue weighted by atomic mass is 32.2. The van der Waals surface area contributed by atoms with E-state index in [1.54, 1.807) is 12.1 Å². The van der Waals surface area contributed by atoms with Gasteiger partial charge >= 0.3 is 0 Å². The van der Waals surface area contributed by atoms with Crippen LogP contribution in [0.4, 0.5) is 11.4 Å². The van der Waals surface area contributed by atoms with E-state index in [0.717, 1.165) is 43.6 Å². The molecule has 4 rings (SSSR count). The molecule has 1 unspecified atom stereocenters. The fraction of sp³-hybridized carbons (Fsp3) is 0.538. The minimum Gasteiger partial charge on any atom is -0.393 e. The molecule has 2 N–H and O–H groups in total. The van der Waals surface area contributed by atoms with Crippen LogP contribution in [0.15, 0.2) is 47.4 Å². The molecular formula is C26H36N2O4S. The lowest BCUT2D eigenvalue weighted by atomic mass is 9.81. The number of benzene rings is 2. The molecule has 0 spiro atoms. The molecule has 2 aromatic rings. The first-order valence-electron chi connectivity index (χ1n) is 12.1. The Labute approximate surface area is 197 Å².